The monoisotopic (exact) mass is 251 g/mol. The van der Waals surface area contributed by atoms with Gasteiger partial charge in [0.15, 0.2) is 0 Å². The Morgan fingerprint density at radius 1 is 1.41 bits per heavy atom. The minimum absolute atomic E-state index is 0.274. The Kier molecular flexibility index (Phi) is 3.79. The van der Waals surface area contributed by atoms with Gasteiger partial charge < -0.3 is 5.32 Å². The van der Waals surface area contributed by atoms with Gasteiger partial charge in [-0.25, -0.2) is 0 Å². The fourth-order valence-corrected chi connectivity index (χ4v) is 3.09. The average Bonchev–Trinajstić information content (AvgIpc) is 2.29. The zero-order valence-corrected chi connectivity index (χ0v) is 11.8. The molecular formula is C15H22ClN. The van der Waals surface area contributed by atoms with Crippen LogP contribution < -0.4 is 5.32 Å². The van der Waals surface area contributed by atoms with Crippen LogP contribution in [-0.2, 0) is 5.41 Å². The lowest BCUT2D eigenvalue weighted by molar-refractivity contribution is 0.380. The Balaban J connectivity index is 2.34. The van der Waals surface area contributed by atoms with Crippen LogP contribution in [0.3, 0.4) is 0 Å². The first-order chi connectivity index (χ1) is 8.04. The maximum Gasteiger partial charge on any atom is 0.0409 e. The number of benzene rings is 1. The van der Waals surface area contributed by atoms with E-state index in [1.54, 1.807) is 0 Å². The molecule has 1 atom stereocenters. The molecule has 1 aliphatic rings. The Morgan fingerprint density at radius 3 is 2.88 bits per heavy atom. The van der Waals surface area contributed by atoms with Gasteiger partial charge in [0, 0.05) is 5.02 Å². The SMILES string of the molecule is CNCCC1CCC(C)(C)c2cc(Cl)ccc21. The molecule has 0 saturated heterocycles. The van der Waals surface area contributed by atoms with E-state index in [-0.39, 0.29) is 5.41 Å². The van der Waals surface area contributed by atoms with E-state index in [0.717, 1.165) is 11.6 Å². The predicted octanol–water partition coefficient (Wildman–Crippen LogP) is 4.10. The van der Waals surface area contributed by atoms with Gasteiger partial charge in [-0.2, -0.15) is 0 Å². The Labute approximate surface area is 110 Å². The molecule has 1 aromatic carbocycles. The van der Waals surface area contributed by atoms with Crippen LogP contribution in [0, 0.1) is 0 Å². The van der Waals surface area contributed by atoms with Gasteiger partial charge in [-0.15, -0.1) is 0 Å². The highest BCUT2D eigenvalue weighted by molar-refractivity contribution is 6.30. The van der Waals surface area contributed by atoms with Crippen molar-refractivity contribution in [2.45, 2.75) is 44.4 Å². The first kappa shape index (κ1) is 12.9. The van der Waals surface area contributed by atoms with Gasteiger partial charge in [0.1, 0.15) is 0 Å². The summed E-state index contributed by atoms with van der Waals surface area (Å²) >= 11 is 6.14. The van der Waals surface area contributed by atoms with E-state index in [1.165, 1.54) is 30.4 Å². The number of nitrogens with one attached hydrogen (secondary N) is 1. The number of fused-ring (bicyclic) bond motifs is 1. The predicted molar refractivity (Wildman–Crippen MR) is 75.0 cm³/mol. The van der Waals surface area contributed by atoms with E-state index in [4.69, 9.17) is 11.6 Å². The summed E-state index contributed by atoms with van der Waals surface area (Å²) in [5.41, 5.74) is 3.24. The number of halogens is 1. The first-order valence-electron chi connectivity index (χ1n) is 6.49. The van der Waals surface area contributed by atoms with Crippen molar-refractivity contribution in [1.82, 2.24) is 5.32 Å². The van der Waals surface area contributed by atoms with Crippen LogP contribution in [-0.4, -0.2) is 13.6 Å². The van der Waals surface area contributed by atoms with Crippen LogP contribution in [0.1, 0.15) is 50.2 Å². The van der Waals surface area contributed by atoms with Crippen molar-refractivity contribution >= 4 is 11.6 Å². The van der Waals surface area contributed by atoms with Crippen molar-refractivity contribution in [2.75, 3.05) is 13.6 Å². The molecule has 1 N–H and O–H groups in total. The van der Waals surface area contributed by atoms with Crippen LogP contribution in [0.5, 0.6) is 0 Å². The normalized spacial score (nSPS) is 22.2. The Bertz CT molecular complexity index is 398. The molecule has 0 heterocycles. The van der Waals surface area contributed by atoms with Crippen molar-refractivity contribution < 1.29 is 0 Å². The van der Waals surface area contributed by atoms with Crippen LogP contribution in [0.2, 0.25) is 5.02 Å². The first-order valence-corrected chi connectivity index (χ1v) is 6.87. The van der Waals surface area contributed by atoms with E-state index in [1.807, 2.05) is 13.1 Å². The van der Waals surface area contributed by atoms with E-state index in [9.17, 15) is 0 Å². The minimum atomic E-state index is 0.274. The molecule has 0 fully saturated rings. The summed E-state index contributed by atoms with van der Waals surface area (Å²) in [5.74, 6) is 0.697. The van der Waals surface area contributed by atoms with E-state index < -0.39 is 0 Å². The Hall–Kier alpha value is -0.530. The van der Waals surface area contributed by atoms with Crippen LogP contribution in [0.15, 0.2) is 18.2 Å². The average molecular weight is 252 g/mol. The highest BCUT2D eigenvalue weighted by Gasteiger charge is 2.32. The third-order valence-corrected chi connectivity index (χ3v) is 4.28. The van der Waals surface area contributed by atoms with Crippen LogP contribution >= 0.6 is 11.6 Å². The highest BCUT2D eigenvalue weighted by Crippen LogP contribution is 2.44. The van der Waals surface area contributed by atoms with Crippen molar-refractivity contribution in [2.24, 2.45) is 0 Å². The molecular weight excluding hydrogens is 230 g/mol. The molecule has 0 spiro atoms. The lowest BCUT2D eigenvalue weighted by Gasteiger charge is -2.37. The second kappa shape index (κ2) is 4.99. The van der Waals surface area contributed by atoms with Gasteiger partial charge in [-0.1, -0.05) is 31.5 Å². The second-order valence-electron chi connectivity index (χ2n) is 5.74. The Morgan fingerprint density at radius 2 is 2.18 bits per heavy atom. The van der Waals surface area contributed by atoms with E-state index >= 15 is 0 Å². The molecule has 1 aliphatic carbocycles. The molecule has 1 aromatic rings. The molecule has 0 aliphatic heterocycles. The quantitative estimate of drug-likeness (QED) is 0.853. The fraction of sp³-hybridized carbons (Fsp3) is 0.600. The summed E-state index contributed by atoms with van der Waals surface area (Å²) in [6.07, 6.45) is 3.78. The molecule has 0 bridgehead atoms. The summed E-state index contributed by atoms with van der Waals surface area (Å²) in [4.78, 5) is 0. The molecule has 0 saturated carbocycles. The van der Waals surface area contributed by atoms with Crippen molar-refractivity contribution in [3.63, 3.8) is 0 Å². The van der Waals surface area contributed by atoms with Crippen molar-refractivity contribution in [1.29, 1.82) is 0 Å². The van der Waals surface area contributed by atoms with Crippen LogP contribution in [0.25, 0.3) is 0 Å². The minimum Gasteiger partial charge on any atom is -0.320 e. The third-order valence-electron chi connectivity index (χ3n) is 4.04. The smallest absolute Gasteiger partial charge is 0.0409 e. The van der Waals surface area contributed by atoms with Gasteiger partial charge in [-0.3, -0.25) is 0 Å². The zero-order chi connectivity index (χ0) is 12.5. The van der Waals surface area contributed by atoms with Gasteiger partial charge in [0.2, 0.25) is 0 Å². The molecule has 2 rings (SSSR count). The molecule has 1 unspecified atom stereocenters. The van der Waals surface area contributed by atoms with Crippen LogP contribution in [0.4, 0.5) is 0 Å². The summed E-state index contributed by atoms with van der Waals surface area (Å²) in [5, 5.41) is 4.12. The molecule has 1 nitrogen and oxygen atoms in total. The summed E-state index contributed by atoms with van der Waals surface area (Å²) in [6, 6.07) is 6.44. The summed E-state index contributed by atoms with van der Waals surface area (Å²) in [6.45, 7) is 5.75. The van der Waals surface area contributed by atoms with Gasteiger partial charge >= 0.3 is 0 Å². The highest BCUT2D eigenvalue weighted by atomic mass is 35.5. The molecule has 17 heavy (non-hydrogen) atoms. The standard InChI is InChI=1S/C15H22ClN/c1-15(2)8-6-11(7-9-17-3)13-5-4-12(16)10-14(13)15/h4-5,10-11,17H,6-9H2,1-3H3. The summed E-state index contributed by atoms with van der Waals surface area (Å²) in [7, 11) is 2.02. The fourth-order valence-electron chi connectivity index (χ4n) is 2.91. The molecule has 2 heteroatoms. The number of rotatable bonds is 3. The molecule has 0 aromatic heterocycles. The molecule has 94 valence electrons. The topological polar surface area (TPSA) is 12.0 Å². The lowest BCUT2D eigenvalue weighted by atomic mass is 9.68. The van der Waals surface area contributed by atoms with Gasteiger partial charge in [0.25, 0.3) is 0 Å². The van der Waals surface area contributed by atoms with E-state index in [2.05, 4.69) is 31.3 Å². The number of hydrogen-bond acceptors (Lipinski definition) is 1. The maximum atomic E-state index is 6.14. The zero-order valence-electron chi connectivity index (χ0n) is 11.0. The third kappa shape index (κ3) is 2.66. The van der Waals surface area contributed by atoms with Gasteiger partial charge in [0.05, 0.1) is 0 Å². The summed E-state index contributed by atoms with van der Waals surface area (Å²) < 4.78 is 0. The van der Waals surface area contributed by atoms with Crippen molar-refractivity contribution in [3.05, 3.63) is 34.3 Å². The second-order valence-corrected chi connectivity index (χ2v) is 6.18. The number of hydrogen-bond donors (Lipinski definition) is 1. The molecule has 0 radical (unpaired) electrons. The van der Waals surface area contributed by atoms with Crippen molar-refractivity contribution in [3.8, 4) is 0 Å². The molecule has 0 amide bonds. The van der Waals surface area contributed by atoms with Gasteiger partial charge in [-0.05, 0) is 67.4 Å². The lowest BCUT2D eigenvalue weighted by Crippen LogP contribution is -2.27. The van der Waals surface area contributed by atoms with E-state index in [0.29, 0.717) is 5.92 Å². The maximum absolute atomic E-state index is 6.14. The largest absolute Gasteiger partial charge is 0.320 e.